The molecule has 5 aliphatic rings. The van der Waals surface area contributed by atoms with Crippen LogP contribution in [0.25, 0.3) is 11.1 Å². The molecule has 2 N–H and O–H groups in total. The minimum Gasteiger partial charge on any atom is -0.489 e. The van der Waals surface area contributed by atoms with Gasteiger partial charge in [-0.15, -0.1) is 0 Å². The van der Waals surface area contributed by atoms with Crippen molar-refractivity contribution in [3.05, 3.63) is 87.5 Å². The second kappa shape index (κ2) is 11.7. The molecule has 0 spiro atoms. The van der Waals surface area contributed by atoms with Crippen molar-refractivity contribution in [1.82, 2.24) is 4.90 Å². The zero-order chi connectivity index (χ0) is 28.5. The van der Waals surface area contributed by atoms with Crippen LogP contribution in [0.5, 0.6) is 5.75 Å². The van der Waals surface area contributed by atoms with E-state index in [-0.39, 0.29) is 0 Å². The van der Waals surface area contributed by atoms with Crippen LogP contribution in [0.15, 0.2) is 72.8 Å². The summed E-state index contributed by atoms with van der Waals surface area (Å²) in [5.41, 5.74) is 8.15. The van der Waals surface area contributed by atoms with Crippen LogP contribution in [-0.4, -0.2) is 59.5 Å². The van der Waals surface area contributed by atoms with E-state index in [2.05, 4.69) is 98.0 Å². The Morgan fingerprint density at radius 1 is 0.805 bits per heavy atom. The molecular weight excluding hydrogens is 633 g/mol. The Morgan fingerprint density at radius 3 is 1.98 bits per heavy atom. The maximum absolute atomic E-state index is 9.55. The van der Waals surface area contributed by atoms with Crippen molar-refractivity contribution in [2.75, 3.05) is 36.1 Å². The Kier molecular flexibility index (Phi) is 7.90. The maximum atomic E-state index is 9.55. The zero-order valence-corrected chi connectivity index (χ0v) is 24.7. The number of rotatable bonds is 5. The number of nitrogens with zero attached hydrogens (tertiary/aromatic N) is 3. The summed E-state index contributed by atoms with van der Waals surface area (Å²) < 4.78 is 7.72. The highest BCUT2D eigenvalue weighted by atomic mass is 127. The van der Waals surface area contributed by atoms with Crippen LogP contribution >= 0.6 is 22.6 Å². The highest BCUT2D eigenvalue weighted by Crippen LogP contribution is 2.40. The van der Waals surface area contributed by atoms with Gasteiger partial charge in [-0.25, -0.2) is 9.59 Å². The molecule has 5 heterocycles. The van der Waals surface area contributed by atoms with E-state index in [1.54, 1.807) is 0 Å². The minimum atomic E-state index is -1.26. The van der Waals surface area contributed by atoms with E-state index in [4.69, 9.17) is 14.9 Å². The molecule has 5 aliphatic heterocycles. The monoisotopic (exact) mass is 665 g/mol. The molecule has 8 rings (SSSR count). The summed E-state index contributed by atoms with van der Waals surface area (Å²) in [4.78, 5) is 26.7. The molecule has 3 fully saturated rings. The van der Waals surface area contributed by atoms with Gasteiger partial charge in [0.2, 0.25) is 0 Å². The molecule has 0 aromatic heterocycles. The van der Waals surface area contributed by atoms with Gasteiger partial charge in [-0.2, -0.15) is 0 Å². The summed E-state index contributed by atoms with van der Waals surface area (Å²) in [5, 5.41) is 15.6. The fraction of sp³-hybridized carbons (Fsp3) is 0.312. The van der Waals surface area contributed by atoms with Crippen LogP contribution in [0.3, 0.4) is 0 Å². The smallest absolute Gasteiger partial charge is 0.328 e. The van der Waals surface area contributed by atoms with Crippen molar-refractivity contribution >= 4 is 45.9 Å². The topological polar surface area (TPSA) is 93.5 Å². The van der Waals surface area contributed by atoms with E-state index >= 15 is 0 Å². The summed E-state index contributed by atoms with van der Waals surface area (Å²) in [6.45, 7) is 6.52. The van der Waals surface area contributed by atoms with Gasteiger partial charge in [0.05, 0.1) is 6.67 Å². The SMILES string of the molecule is Ic1ccc2c(c1)CN1CN2Cc2cc(-c3ccc(OC4CN5CCC4CC5)cc3)ccc21.O=C(O)/C=C/C(=O)O. The molecule has 212 valence electrons. The first-order chi connectivity index (χ1) is 19.8. The van der Waals surface area contributed by atoms with E-state index in [1.807, 2.05) is 0 Å². The van der Waals surface area contributed by atoms with Gasteiger partial charge in [-0.3, -0.25) is 4.90 Å². The molecule has 1 atom stereocenters. The lowest BCUT2D eigenvalue weighted by Gasteiger charge is -2.45. The third kappa shape index (κ3) is 6.20. The molecule has 3 aromatic rings. The van der Waals surface area contributed by atoms with Crippen molar-refractivity contribution in [3.8, 4) is 16.9 Å². The van der Waals surface area contributed by atoms with Crippen molar-refractivity contribution in [2.24, 2.45) is 5.92 Å². The number of piperidine rings is 3. The first-order valence-electron chi connectivity index (χ1n) is 13.9. The number of carbonyl (C=O) groups is 2. The quantitative estimate of drug-likeness (QED) is 0.275. The number of anilines is 2. The molecule has 0 amide bonds. The van der Waals surface area contributed by atoms with Gasteiger partial charge >= 0.3 is 11.9 Å². The number of halogens is 1. The lowest BCUT2D eigenvalue weighted by molar-refractivity contribution is -0.134. The first kappa shape index (κ1) is 27.6. The summed E-state index contributed by atoms with van der Waals surface area (Å²) in [6.07, 6.45) is 4.05. The molecule has 41 heavy (non-hydrogen) atoms. The van der Waals surface area contributed by atoms with Gasteiger partial charge in [0, 0.05) is 46.7 Å². The number of carboxylic acids is 2. The normalized spacial score (nSPS) is 21.9. The molecule has 9 heteroatoms. The molecule has 3 aromatic carbocycles. The number of fused-ring (bicyclic) bond motifs is 9. The largest absolute Gasteiger partial charge is 0.489 e. The van der Waals surface area contributed by atoms with E-state index in [0.717, 1.165) is 38.0 Å². The van der Waals surface area contributed by atoms with Gasteiger partial charge in [0.1, 0.15) is 11.9 Å². The van der Waals surface area contributed by atoms with Gasteiger partial charge in [0.15, 0.2) is 0 Å². The van der Waals surface area contributed by atoms with Crippen LogP contribution in [0.1, 0.15) is 24.0 Å². The predicted octanol–water partition coefficient (Wildman–Crippen LogP) is 5.44. The van der Waals surface area contributed by atoms with Crippen molar-refractivity contribution in [3.63, 3.8) is 0 Å². The van der Waals surface area contributed by atoms with Crippen LogP contribution in [0.2, 0.25) is 0 Å². The molecule has 0 radical (unpaired) electrons. The highest BCUT2D eigenvalue weighted by molar-refractivity contribution is 14.1. The van der Waals surface area contributed by atoms with Crippen molar-refractivity contribution in [2.45, 2.75) is 32.0 Å². The molecular formula is C32H32IN3O5. The average molecular weight is 666 g/mol. The maximum Gasteiger partial charge on any atom is 0.328 e. The second-order valence-corrected chi connectivity index (χ2v) is 12.2. The van der Waals surface area contributed by atoms with Crippen molar-refractivity contribution in [1.29, 1.82) is 0 Å². The standard InChI is InChI=1S/C28H28IN3O.C4H4O4/c29-24-4-8-27-23(14-24)16-32-18-31(27)15-22-13-21(3-7-26(22)32)19-1-5-25(6-2-19)33-28-17-30-11-9-20(28)10-12-30;5-3(6)1-2-4(7)8/h1-8,13-14,20,28H,9-12,15-18H2;1-2H,(H,5,6)(H,7,8)/b;2-1+. The molecule has 8 nitrogen and oxygen atoms in total. The predicted molar refractivity (Wildman–Crippen MR) is 166 cm³/mol. The van der Waals surface area contributed by atoms with Crippen LogP contribution in [0.4, 0.5) is 11.4 Å². The van der Waals surface area contributed by atoms with Gasteiger partial charge in [-0.05, 0) is 119 Å². The van der Waals surface area contributed by atoms with Gasteiger partial charge in [-0.1, -0.05) is 18.2 Å². The molecule has 1 unspecified atom stereocenters. The lowest BCUT2D eigenvalue weighted by atomic mass is 9.86. The first-order valence-corrected chi connectivity index (χ1v) is 14.9. The average Bonchev–Trinajstić information content (AvgIpc) is 2.97. The number of benzene rings is 3. The second-order valence-electron chi connectivity index (χ2n) is 11.0. The van der Waals surface area contributed by atoms with E-state index in [1.165, 1.54) is 63.1 Å². The van der Waals surface area contributed by atoms with Gasteiger partial charge < -0.3 is 24.7 Å². The Morgan fingerprint density at radius 2 is 1.39 bits per heavy atom. The molecule has 0 saturated carbocycles. The van der Waals surface area contributed by atoms with Crippen molar-refractivity contribution < 1.29 is 24.5 Å². The Bertz CT molecular complexity index is 1470. The van der Waals surface area contributed by atoms with Gasteiger partial charge in [0.25, 0.3) is 0 Å². The number of aliphatic carboxylic acids is 2. The van der Waals surface area contributed by atoms with Crippen LogP contribution in [-0.2, 0) is 22.7 Å². The third-order valence-corrected chi connectivity index (χ3v) is 8.98. The fourth-order valence-electron chi connectivity index (χ4n) is 6.32. The molecule has 3 saturated heterocycles. The summed E-state index contributed by atoms with van der Waals surface area (Å²) in [5.74, 6) is -0.776. The molecule has 4 bridgehead atoms. The van der Waals surface area contributed by atoms with E-state index in [9.17, 15) is 9.59 Å². The summed E-state index contributed by atoms with van der Waals surface area (Å²) in [6, 6.07) is 22.6. The van der Waals surface area contributed by atoms with E-state index < -0.39 is 11.9 Å². The Labute approximate surface area is 253 Å². The number of hydrogen-bond donors (Lipinski definition) is 2. The zero-order valence-electron chi connectivity index (χ0n) is 22.6. The minimum absolute atomic E-state index is 0.357. The Balaban J connectivity index is 0.000000334. The Hall–Kier alpha value is -3.57. The number of hydrogen-bond acceptors (Lipinski definition) is 6. The number of carboxylic acid groups (broad SMARTS) is 2. The molecule has 0 aliphatic carbocycles. The number of ether oxygens (including phenoxy) is 1. The van der Waals surface area contributed by atoms with E-state index in [0.29, 0.717) is 18.3 Å². The fourth-order valence-corrected chi connectivity index (χ4v) is 6.87. The summed E-state index contributed by atoms with van der Waals surface area (Å²) >= 11 is 2.42. The third-order valence-electron chi connectivity index (χ3n) is 8.31. The highest BCUT2D eigenvalue weighted by Gasteiger charge is 2.35. The van der Waals surface area contributed by atoms with Crippen LogP contribution < -0.4 is 14.5 Å². The summed E-state index contributed by atoms with van der Waals surface area (Å²) in [7, 11) is 0. The lowest BCUT2D eigenvalue weighted by Crippen LogP contribution is -2.52. The van der Waals surface area contributed by atoms with Crippen LogP contribution in [0, 0.1) is 9.49 Å².